The Labute approximate surface area is 199 Å². The predicted molar refractivity (Wildman–Crippen MR) is 134 cm³/mol. The molecule has 3 aromatic rings. The van der Waals surface area contributed by atoms with Crippen LogP contribution in [0.5, 0.6) is 0 Å². The smallest absolute Gasteiger partial charge is 0.257 e. The summed E-state index contributed by atoms with van der Waals surface area (Å²) in [6.45, 7) is 1.71. The summed E-state index contributed by atoms with van der Waals surface area (Å²) >= 11 is 0. The van der Waals surface area contributed by atoms with Crippen molar-refractivity contribution in [3.63, 3.8) is 0 Å². The highest BCUT2D eigenvalue weighted by Crippen LogP contribution is 2.51. The van der Waals surface area contributed by atoms with Crippen LogP contribution in [-0.2, 0) is 10.2 Å². The van der Waals surface area contributed by atoms with E-state index in [1.54, 1.807) is 31.4 Å². The third-order valence-electron chi connectivity index (χ3n) is 7.33. The number of nitrogens with one attached hydrogen (secondary N) is 2. The highest BCUT2D eigenvalue weighted by atomic mass is 16.2. The Morgan fingerprint density at radius 2 is 1.76 bits per heavy atom. The van der Waals surface area contributed by atoms with Crippen LogP contribution in [0.3, 0.4) is 0 Å². The Kier molecular flexibility index (Phi) is 5.69. The number of likely N-dealkylation sites (N-methyl/N-ethyl adjacent to an activating group) is 1. The third kappa shape index (κ3) is 3.87. The Morgan fingerprint density at radius 3 is 2.47 bits per heavy atom. The summed E-state index contributed by atoms with van der Waals surface area (Å²) in [5.74, 6) is 0.638. The van der Waals surface area contributed by atoms with Gasteiger partial charge in [0.15, 0.2) is 0 Å². The summed E-state index contributed by atoms with van der Waals surface area (Å²) in [4.78, 5) is 32.0. The van der Waals surface area contributed by atoms with E-state index in [1.165, 1.54) is 11.1 Å². The summed E-state index contributed by atoms with van der Waals surface area (Å²) < 4.78 is 0. The number of nitrogens with zero attached hydrogens (tertiary/aromatic N) is 2. The number of pyridine rings is 1. The van der Waals surface area contributed by atoms with Gasteiger partial charge in [-0.2, -0.15) is 0 Å². The largest absolute Gasteiger partial charge is 0.397 e. The van der Waals surface area contributed by atoms with E-state index >= 15 is 0 Å². The van der Waals surface area contributed by atoms with Gasteiger partial charge in [0.1, 0.15) is 5.82 Å². The average Bonchev–Trinajstić information content (AvgIpc) is 3.19. The van der Waals surface area contributed by atoms with E-state index < -0.39 is 0 Å². The highest BCUT2D eigenvalue weighted by molar-refractivity contribution is 6.05. The standard InChI is InChI=1S/C27H29N5O2/c1-29-26(34)20-16-27(21-7-3-2-6-19(20)21)12-14-32(15-13-27)24-11-10-18(17-30-24)25(33)31-23-9-5-4-8-22(23)28/h2-11,17,20H,12-16,28H2,1H3,(H,29,34)(H,31,33)/t20-/m0/s1. The van der Waals surface area contributed by atoms with Crippen molar-refractivity contribution in [2.75, 3.05) is 36.1 Å². The molecule has 2 aliphatic rings. The molecule has 1 aliphatic carbocycles. The minimum absolute atomic E-state index is 0.0275. The first-order chi connectivity index (χ1) is 16.5. The Hall–Kier alpha value is -3.87. The van der Waals surface area contributed by atoms with Crippen LogP contribution < -0.4 is 21.3 Å². The molecule has 5 rings (SSSR count). The number of nitrogen functional groups attached to an aromatic ring is 1. The van der Waals surface area contributed by atoms with Gasteiger partial charge in [-0.3, -0.25) is 9.59 Å². The van der Waals surface area contributed by atoms with Crippen LogP contribution in [0.4, 0.5) is 17.2 Å². The molecule has 1 aliphatic heterocycles. The number of hydrogen-bond acceptors (Lipinski definition) is 5. The molecular weight excluding hydrogens is 426 g/mol. The second-order valence-electron chi connectivity index (χ2n) is 9.17. The zero-order valence-corrected chi connectivity index (χ0v) is 19.3. The number of hydrogen-bond donors (Lipinski definition) is 3. The Morgan fingerprint density at radius 1 is 1.03 bits per heavy atom. The average molecular weight is 456 g/mol. The molecule has 2 heterocycles. The molecule has 4 N–H and O–H groups in total. The van der Waals surface area contributed by atoms with Gasteiger partial charge in [-0.25, -0.2) is 4.98 Å². The lowest BCUT2D eigenvalue weighted by molar-refractivity contribution is -0.122. The number of carbonyl (C=O) groups excluding carboxylic acids is 2. The number of para-hydroxylation sites is 2. The number of benzene rings is 2. The molecule has 7 heteroatoms. The number of carbonyl (C=O) groups is 2. The summed E-state index contributed by atoms with van der Waals surface area (Å²) in [7, 11) is 1.71. The number of nitrogens with two attached hydrogens (primary N) is 1. The van der Waals surface area contributed by atoms with Gasteiger partial charge in [-0.15, -0.1) is 0 Å². The van der Waals surface area contributed by atoms with E-state index in [9.17, 15) is 9.59 Å². The second kappa shape index (κ2) is 8.82. The third-order valence-corrected chi connectivity index (χ3v) is 7.33. The molecule has 1 atom stereocenters. The fraction of sp³-hybridized carbons (Fsp3) is 0.296. The van der Waals surface area contributed by atoms with Crippen molar-refractivity contribution in [2.45, 2.75) is 30.6 Å². The fourth-order valence-corrected chi connectivity index (χ4v) is 5.45. The molecule has 174 valence electrons. The first-order valence-electron chi connectivity index (χ1n) is 11.7. The molecule has 0 saturated carbocycles. The van der Waals surface area contributed by atoms with Gasteiger partial charge in [0.2, 0.25) is 5.91 Å². The van der Waals surface area contributed by atoms with E-state index in [2.05, 4.69) is 38.7 Å². The SMILES string of the molecule is CNC(=O)[C@H]1CC2(CCN(c3ccc(C(=O)Nc4ccccc4N)cn3)CC2)c2ccccc21. The number of piperidine rings is 1. The number of rotatable bonds is 4. The van der Waals surface area contributed by atoms with Crippen LogP contribution in [0.2, 0.25) is 0 Å². The summed E-state index contributed by atoms with van der Waals surface area (Å²) in [6.07, 6.45) is 4.40. The summed E-state index contributed by atoms with van der Waals surface area (Å²) in [5, 5.41) is 5.67. The monoisotopic (exact) mass is 455 g/mol. The number of aromatic nitrogens is 1. The van der Waals surface area contributed by atoms with Gasteiger partial charge < -0.3 is 21.3 Å². The van der Waals surface area contributed by atoms with Gasteiger partial charge in [-0.05, 0) is 54.7 Å². The molecular formula is C27H29N5O2. The minimum atomic E-state index is -0.239. The molecule has 2 aromatic carbocycles. The molecule has 34 heavy (non-hydrogen) atoms. The van der Waals surface area contributed by atoms with Crippen molar-refractivity contribution in [3.8, 4) is 0 Å². The minimum Gasteiger partial charge on any atom is -0.397 e. The van der Waals surface area contributed by atoms with Crippen molar-refractivity contribution in [1.29, 1.82) is 0 Å². The highest BCUT2D eigenvalue weighted by Gasteiger charge is 2.47. The van der Waals surface area contributed by atoms with E-state index in [4.69, 9.17) is 5.73 Å². The number of fused-ring (bicyclic) bond motifs is 2. The van der Waals surface area contributed by atoms with Gasteiger partial charge in [-0.1, -0.05) is 36.4 Å². The van der Waals surface area contributed by atoms with Gasteiger partial charge in [0.05, 0.1) is 22.9 Å². The molecule has 0 unspecified atom stereocenters. The molecule has 1 fully saturated rings. The zero-order chi connectivity index (χ0) is 23.7. The lowest BCUT2D eigenvalue weighted by Crippen LogP contribution is -2.42. The molecule has 0 bridgehead atoms. The van der Waals surface area contributed by atoms with Gasteiger partial charge in [0.25, 0.3) is 5.91 Å². The maximum atomic E-state index is 12.6. The number of anilines is 3. The Balaban J connectivity index is 1.27. The van der Waals surface area contributed by atoms with Crippen molar-refractivity contribution in [2.24, 2.45) is 0 Å². The lowest BCUT2D eigenvalue weighted by Gasteiger charge is -2.41. The van der Waals surface area contributed by atoms with Crippen LogP contribution in [-0.4, -0.2) is 36.9 Å². The zero-order valence-electron chi connectivity index (χ0n) is 19.3. The topological polar surface area (TPSA) is 100 Å². The van der Waals surface area contributed by atoms with Crippen molar-refractivity contribution < 1.29 is 9.59 Å². The normalized spacial score (nSPS) is 18.4. The molecule has 1 aromatic heterocycles. The maximum absolute atomic E-state index is 12.6. The molecule has 1 saturated heterocycles. The predicted octanol–water partition coefficient (Wildman–Crippen LogP) is 3.69. The number of amides is 2. The van der Waals surface area contributed by atoms with Crippen LogP contribution >= 0.6 is 0 Å². The van der Waals surface area contributed by atoms with Crippen LogP contribution in [0.1, 0.15) is 46.7 Å². The van der Waals surface area contributed by atoms with Crippen molar-refractivity contribution in [1.82, 2.24) is 10.3 Å². The first kappa shape index (κ1) is 21.9. The van der Waals surface area contributed by atoms with E-state index in [0.29, 0.717) is 16.9 Å². The van der Waals surface area contributed by atoms with Gasteiger partial charge in [0, 0.05) is 31.7 Å². The maximum Gasteiger partial charge on any atom is 0.257 e. The summed E-state index contributed by atoms with van der Waals surface area (Å²) in [5.41, 5.74) is 10.0. The molecule has 0 radical (unpaired) electrons. The van der Waals surface area contributed by atoms with Crippen LogP contribution in [0.15, 0.2) is 66.9 Å². The fourth-order valence-electron chi connectivity index (χ4n) is 5.45. The van der Waals surface area contributed by atoms with Crippen molar-refractivity contribution >= 4 is 29.0 Å². The molecule has 2 amide bonds. The van der Waals surface area contributed by atoms with Gasteiger partial charge >= 0.3 is 0 Å². The summed E-state index contributed by atoms with van der Waals surface area (Å²) in [6, 6.07) is 19.3. The van der Waals surface area contributed by atoms with E-state index in [0.717, 1.165) is 38.2 Å². The quantitative estimate of drug-likeness (QED) is 0.521. The Bertz CT molecular complexity index is 1220. The van der Waals surface area contributed by atoms with Crippen LogP contribution in [0, 0.1) is 0 Å². The van der Waals surface area contributed by atoms with E-state index in [-0.39, 0.29) is 23.1 Å². The lowest BCUT2D eigenvalue weighted by atomic mass is 9.73. The van der Waals surface area contributed by atoms with Crippen molar-refractivity contribution in [3.05, 3.63) is 83.6 Å². The van der Waals surface area contributed by atoms with Crippen LogP contribution in [0.25, 0.3) is 0 Å². The molecule has 1 spiro atoms. The van der Waals surface area contributed by atoms with E-state index in [1.807, 2.05) is 24.3 Å². The first-order valence-corrected chi connectivity index (χ1v) is 11.7. The second-order valence-corrected chi connectivity index (χ2v) is 9.17. The molecule has 7 nitrogen and oxygen atoms in total.